The van der Waals surface area contributed by atoms with Crippen LogP contribution in [0.4, 0.5) is 0 Å². The van der Waals surface area contributed by atoms with Crippen molar-refractivity contribution < 1.29 is 63.5 Å². The zero-order valence-electron chi connectivity index (χ0n) is 6.59. The Balaban J connectivity index is 0.00000169. The summed E-state index contributed by atoms with van der Waals surface area (Å²) < 4.78 is 0. The van der Waals surface area contributed by atoms with Gasteiger partial charge in [0.2, 0.25) is 0 Å². The Morgan fingerprint density at radius 1 is 1.07 bits per heavy atom. The van der Waals surface area contributed by atoms with Gasteiger partial charge in [-0.15, -0.1) is 0 Å². The van der Waals surface area contributed by atoms with Crippen molar-refractivity contribution >= 4 is 11.9 Å². The van der Waals surface area contributed by atoms with E-state index < -0.39 is 29.1 Å². The second kappa shape index (κ2) is 5.15. The van der Waals surface area contributed by atoms with Gasteiger partial charge in [-0.3, -0.25) is 0 Å². The van der Waals surface area contributed by atoms with Gasteiger partial charge in [0.15, 0.2) is 11.4 Å². The molecule has 1 aromatic heterocycles. The van der Waals surface area contributed by atoms with Crippen LogP contribution in [0.5, 0.6) is 5.75 Å². The summed E-state index contributed by atoms with van der Waals surface area (Å²) in [6, 6.07) is 1.74. The van der Waals surface area contributed by atoms with Crippen LogP contribution in [0.1, 0.15) is 21.0 Å². The third kappa shape index (κ3) is 3.15. The Labute approximate surface area is 109 Å². The van der Waals surface area contributed by atoms with Gasteiger partial charge >= 0.3 is 11.9 Å². The maximum Gasteiger partial charge on any atom is 0.354 e. The van der Waals surface area contributed by atoms with Crippen LogP contribution >= 0.6 is 0 Å². The van der Waals surface area contributed by atoms with Crippen LogP contribution in [0.3, 0.4) is 0 Å². The Morgan fingerprint density at radius 2 is 1.43 bits per heavy atom. The summed E-state index contributed by atoms with van der Waals surface area (Å²) in [5.41, 5.74) is -1.00. The predicted molar refractivity (Wildman–Crippen MR) is 39.8 cm³/mol. The molecule has 1 aromatic rings. The first kappa shape index (κ1) is 13.2. The van der Waals surface area contributed by atoms with Gasteiger partial charge in [0.1, 0.15) is 5.75 Å². The smallest absolute Gasteiger partial charge is 0.354 e. The molecule has 14 heavy (non-hydrogen) atoms. The molecule has 0 saturated heterocycles. The monoisotopic (exact) mass is 342 g/mol. The van der Waals surface area contributed by atoms with E-state index in [-0.39, 0.29) is 38.6 Å². The van der Waals surface area contributed by atoms with E-state index in [4.69, 9.17) is 15.3 Å². The van der Waals surface area contributed by atoms with E-state index in [0.29, 0.717) is 0 Å². The minimum Gasteiger partial charge on any atom is -0.508 e. The van der Waals surface area contributed by atoms with Crippen LogP contribution in [-0.4, -0.2) is 32.2 Å². The summed E-state index contributed by atoms with van der Waals surface area (Å²) in [6.07, 6.45) is 0. The minimum absolute atomic E-state index is 0. The van der Waals surface area contributed by atoms with Crippen molar-refractivity contribution in [2.45, 2.75) is 0 Å². The fourth-order valence-electron chi connectivity index (χ4n) is 0.735. The maximum absolute atomic E-state index is 10.4. The van der Waals surface area contributed by atoms with Crippen LogP contribution in [0, 0.1) is 38.6 Å². The first-order valence-electron chi connectivity index (χ1n) is 3.18. The largest absolute Gasteiger partial charge is 0.508 e. The molecule has 7 heteroatoms. The van der Waals surface area contributed by atoms with Gasteiger partial charge in [-0.2, -0.15) is 0 Å². The molecule has 0 spiro atoms. The number of carbonyl (C=O) groups is 2. The van der Waals surface area contributed by atoms with E-state index in [1.165, 1.54) is 0 Å². The molecule has 0 atom stereocenters. The summed E-state index contributed by atoms with van der Waals surface area (Å²) in [5, 5.41) is 25.8. The fraction of sp³-hybridized carbons (Fsp3) is 0. The summed E-state index contributed by atoms with van der Waals surface area (Å²) in [6.45, 7) is 0. The molecule has 0 saturated carbocycles. The number of aromatic nitrogens is 1. The normalized spacial score (nSPS) is 8.86. The molecule has 1 rings (SSSR count). The zero-order chi connectivity index (χ0) is 10.0. The third-order valence-electron chi connectivity index (χ3n) is 1.25. The fourth-order valence-corrected chi connectivity index (χ4v) is 0.735. The SMILES string of the molecule is O=C(O)c1cc(O)cc(C(=O)O)n1.[Tb]. The van der Waals surface area contributed by atoms with E-state index in [1.807, 2.05) is 0 Å². The van der Waals surface area contributed by atoms with Crippen molar-refractivity contribution in [1.29, 1.82) is 0 Å². The number of aromatic hydroxyl groups is 1. The Hall–Kier alpha value is -0.824. The summed E-state index contributed by atoms with van der Waals surface area (Å²) in [5.74, 6) is -3.22. The molecule has 3 N–H and O–H groups in total. The molecule has 0 bridgehead atoms. The number of nitrogens with zero attached hydrogens (tertiary/aromatic N) is 1. The molecule has 0 aliphatic carbocycles. The van der Waals surface area contributed by atoms with Gasteiger partial charge in [-0.25, -0.2) is 14.6 Å². The molecule has 1 radical (unpaired) electrons. The average molecular weight is 342 g/mol. The number of pyridine rings is 1. The zero-order valence-corrected chi connectivity index (χ0v) is 8.73. The first-order chi connectivity index (χ1) is 6.00. The van der Waals surface area contributed by atoms with Gasteiger partial charge in [-0.1, -0.05) is 0 Å². The van der Waals surface area contributed by atoms with Crippen LogP contribution < -0.4 is 0 Å². The first-order valence-corrected chi connectivity index (χ1v) is 3.18. The molecule has 0 unspecified atom stereocenters. The molecular formula is C7H5NO5Tb. The molecule has 0 amide bonds. The molecule has 0 aliphatic heterocycles. The molecule has 0 aliphatic rings. The minimum atomic E-state index is -1.39. The van der Waals surface area contributed by atoms with E-state index in [2.05, 4.69) is 4.98 Å². The number of carboxylic acid groups (broad SMARTS) is 2. The predicted octanol–water partition coefficient (Wildman–Crippen LogP) is 0.184. The maximum atomic E-state index is 10.4. The summed E-state index contributed by atoms with van der Waals surface area (Å²) in [7, 11) is 0. The van der Waals surface area contributed by atoms with Crippen molar-refractivity contribution in [3.63, 3.8) is 0 Å². The average Bonchev–Trinajstić information content (AvgIpc) is 2.03. The standard InChI is InChI=1S/C7H5NO5.Tb/c9-3-1-4(6(10)11)8-5(2-3)7(12)13;/h1-2H,(H,8,9)(H,10,11)(H,12,13);. The molecule has 6 nitrogen and oxygen atoms in total. The topological polar surface area (TPSA) is 108 Å². The number of rotatable bonds is 2. The quantitative estimate of drug-likeness (QED) is 0.708. The molecule has 1 heterocycles. The summed E-state index contributed by atoms with van der Waals surface area (Å²) in [4.78, 5) is 24.0. The van der Waals surface area contributed by atoms with Crippen molar-refractivity contribution in [1.82, 2.24) is 4.98 Å². The van der Waals surface area contributed by atoms with E-state index in [0.717, 1.165) is 12.1 Å². The summed E-state index contributed by atoms with van der Waals surface area (Å²) >= 11 is 0. The Bertz CT molecular complexity index is 346. The van der Waals surface area contributed by atoms with Gasteiger partial charge in [0.25, 0.3) is 0 Å². The van der Waals surface area contributed by atoms with Crippen molar-refractivity contribution in [3.8, 4) is 5.75 Å². The number of aromatic carboxylic acids is 2. The second-order valence-corrected chi connectivity index (χ2v) is 2.21. The van der Waals surface area contributed by atoms with Gasteiger partial charge in [0, 0.05) is 50.7 Å². The van der Waals surface area contributed by atoms with Crippen molar-refractivity contribution in [2.24, 2.45) is 0 Å². The number of hydrogen-bond donors (Lipinski definition) is 3. The Kier molecular flexibility index (Phi) is 4.85. The third-order valence-corrected chi connectivity index (χ3v) is 1.25. The molecule has 0 aromatic carbocycles. The second-order valence-electron chi connectivity index (χ2n) is 2.21. The van der Waals surface area contributed by atoms with Gasteiger partial charge in [-0.05, 0) is 0 Å². The van der Waals surface area contributed by atoms with Gasteiger partial charge in [0.05, 0.1) is 0 Å². The van der Waals surface area contributed by atoms with Crippen molar-refractivity contribution in [3.05, 3.63) is 23.5 Å². The number of hydrogen-bond acceptors (Lipinski definition) is 4. The van der Waals surface area contributed by atoms with E-state index >= 15 is 0 Å². The van der Waals surface area contributed by atoms with Crippen LogP contribution in [0.25, 0.3) is 0 Å². The van der Waals surface area contributed by atoms with Gasteiger partial charge < -0.3 is 15.3 Å². The molecule has 77 valence electrons. The Morgan fingerprint density at radius 3 is 1.71 bits per heavy atom. The van der Waals surface area contributed by atoms with Crippen LogP contribution in [0.15, 0.2) is 12.1 Å². The molecule has 0 fully saturated rings. The van der Waals surface area contributed by atoms with E-state index in [9.17, 15) is 9.59 Å². The van der Waals surface area contributed by atoms with E-state index in [1.54, 1.807) is 0 Å². The number of carboxylic acids is 2. The van der Waals surface area contributed by atoms with Crippen LogP contribution in [-0.2, 0) is 0 Å². The molecular weight excluding hydrogens is 337 g/mol. The van der Waals surface area contributed by atoms with Crippen molar-refractivity contribution in [2.75, 3.05) is 0 Å². The van der Waals surface area contributed by atoms with Crippen LogP contribution in [0.2, 0.25) is 0 Å².